The molecule has 2 heteroatoms. The average molecular weight is 152 g/mol. The second-order valence-electron chi connectivity index (χ2n) is 2.06. The molecule has 0 radical (unpaired) electrons. The van der Waals surface area contributed by atoms with Crippen molar-refractivity contribution in [2.45, 2.75) is 13.0 Å². The molecule has 1 N–H and O–H groups in total. The van der Waals surface area contributed by atoms with E-state index in [0.717, 1.165) is 5.56 Å². The first-order valence-electron chi connectivity index (χ1n) is 2.93. The van der Waals surface area contributed by atoms with Crippen molar-refractivity contribution in [1.29, 1.82) is 0 Å². The van der Waals surface area contributed by atoms with Gasteiger partial charge in [-0.15, -0.1) is 17.8 Å². The molecule has 1 rings (SSSR count). The Morgan fingerprint density at radius 1 is 1.80 bits per heavy atom. The number of thiophene rings is 1. The third-order valence-electron chi connectivity index (χ3n) is 1.22. The molecule has 1 aromatic heterocycles. The van der Waals surface area contributed by atoms with Gasteiger partial charge in [0.05, 0.1) is 0 Å². The van der Waals surface area contributed by atoms with E-state index in [2.05, 4.69) is 5.92 Å². The number of rotatable bonds is 1. The van der Waals surface area contributed by atoms with Crippen LogP contribution >= 0.6 is 11.3 Å². The molecule has 0 saturated heterocycles. The second kappa shape index (κ2) is 2.87. The largest absolute Gasteiger partial charge is 0.376 e. The molecule has 0 aromatic carbocycles. The van der Waals surface area contributed by atoms with E-state index in [4.69, 9.17) is 11.5 Å². The van der Waals surface area contributed by atoms with Crippen LogP contribution in [0.3, 0.4) is 0 Å². The first-order chi connectivity index (χ1) is 4.74. The van der Waals surface area contributed by atoms with Crippen molar-refractivity contribution in [1.82, 2.24) is 0 Å². The van der Waals surface area contributed by atoms with Crippen LogP contribution in [0.2, 0.25) is 0 Å². The highest BCUT2D eigenvalue weighted by molar-refractivity contribution is 7.10. The summed E-state index contributed by atoms with van der Waals surface area (Å²) in [5, 5.41) is 11.0. The third kappa shape index (κ3) is 1.38. The maximum absolute atomic E-state index is 9.11. The Balaban J connectivity index is 2.87. The first kappa shape index (κ1) is 7.33. The fraction of sp³-hybridized carbons (Fsp3) is 0.250. The molecular formula is C8H8OS. The summed E-state index contributed by atoms with van der Waals surface area (Å²) in [5.41, 5.74) is 0.824. The lowest BCUT2D eigenvalue weighted by Crippen LogP contribution is -1.88. The zero-order chi connectivity index (χ0) is 7.56. The zero-order valence-corrected chi connectivity index (χ0v) is 6.48. The maximum atomic E-state index is 9.11. The summed E-state index contributed by atoms with van der Waals surface area (Å²) in [4.78, 5) is 1.17. The smallest absolute Gasteiger partial charge is 0.140 e. The predicted octanol–water partition coefficient (Wildman–Crippen LogP) is 1.72. The molecule has 52 valence electrons. The molecule has 0 amide bonds. The van der Waals surface area contributed by atoms with Crippen LogP contribution < -0.4 is 0 Å². The van der Waals surface area contributed by atoms with E-state index in [1.54, 1.807) is 11.3 Å². The molecule has 1 nitrogen and oxygen atoms in total. The van der Waals surface area contributed by atoms with Crippen LogP contribution in [0.25, 0.3) is 0 Å². The molecule has 0 bridgehead atoms. The Kier molecular flexibility index (Phi) is 2.10. The number of aryl methyl sites for hydroxylation is 1. The molecule has 0 fully saturated rings. The van der Waals surface area contributed by atoms with E-state index in [1.807, 2.05) is 18.4 Å². The molecule has 0 spiro atoms. The number of aliphatic hydroxyl groups excluding tert-OH is 1. The molecule has 10 heavy (non-hydrogen) atoms. The molecule has 1 atom stereocenters. The molecule has 0 aliphatic carbocycles. The van der Waals surface area contributed by atoms with Crippen molar-refractivity contribution in [2.75, 3.05) is 0 Å². The predicted molar refractivity (Wildman–Crippen MR) is 42.8 cm³/mol. The number of hydrogen-bond donors (Lipinski definition) is 1. The van der Waals surface area contributed by atoms with Gasteiger partial charge in [0.15, 0.2) is 0 Å². The maximum Gasteiger partial charge on any atom is 0.140 e. The Bertz CT molecular complexity index is 256. The molecule has 1 heterocycles. The Labute approximate surface area is 64.3 Å². The van der Waals surface area contributed by atoms with E-state index < -0.39 is 6.10 Å². The zero-order valence-electron chi connectivity index (χ0n) is 5.66. The minimum Gasteiger partial charge on any atom is -0.376 e. The fourth-order valence-corrected chi connectivity index (χ4v) is 1.43. The second-order valence-corrected chi connectivity index (χ2v) is 3.18. The van der Waals surface area contributed by atoms with Crippen molar-refractivity contribution < 1.29 is 5.11 Å². The van der Waals surface area contributed by atoms with Crippen LogP contribution in [-0.4, -0.2) is 5.11 Å². The highest BCUT2D eigenvalue weighted by Gasteiger charge is 2.03. The van der Waals surface area contributed by atoms with E-state index in [1.165, 1.54) is 4.88 Å². The minimum absolute atomic E-state index is 0.732. The first-order valence-corrected chi connectivity index (χ1v) is 3.81. The van der Waals surface area contributed by atoms with Gasteiger partial charge in [-0.1, -0.05) is 5.92 Å². The fourth-order valence-electron chi connectivity index (χ4n) is 0.703. The molecular weight excluding hydrogens is 144 g/mol. The van der Waals surface area contributed by atoms with E-state index in [0.29, 0.717) is 0 Å². The van der Waals surface area contributed by atoms with Gasteiger partial charge in [-0.25, -0.2) is 0 Å². The van der Waals surface area contributed by atoms with Crippen LogP contribution in [0.1, 0.15) is 16.5 Å². The summed E-state index contributed by atoms with van der Waals surface area (Å²) < 4.78 is 0. The lowest BCUT2D eigenvalue weighted by atomic mass is 10.2. The summed E-state index contributed by atoms with van der Waals surface area (Å²) in [7, 11) is 0. The third-order valence-corrected chi connectivity index (χ3v) is 2.10. The van der Waals surface area contributed by atoms with Crippen LogP contribution in [0, 0.1) is 19.3 Å². The lowest BCUT2D eigenvalue weighted by Gasteiger charge is -1.95. The highest BCUT2D eigenvalue weighted by Crippen LogP contribution is 2.19. The topological polar surface area (TPSA) is 20.2 Å². The van der Waals surface area contributed by atoms with Gasteiger partial charge in [0.2, 0.25) is 0 Å². The van der Waals surface area contributed by atoms with Crippen LogP contribution in [0.5, 0.6) is 0 Å². The van der Waals surface area contributed by atoms with Gasteiger partial charge in [0.25, 0.3) is 0 Å². The van der Waals surface area contributed by atoms with Crippen LogP contribution in [0.15, 0.2) is 11.4 Å². The summed E-state index contributed by atoms with van der Waals surface area (Å²) in [5.74, 6) is 2.26. The molecule has 1 aromatic rings. The normalized spacial score (nSPS) is 12.5. The number of terminal acetylenes is 1. The van der Waals surface area contributed by atoms with Crippen molar-refractivity contribution in [3.8, 4) is 12.3 Å². The van der Waals surface area contributed by atoms with Crippen molar-refractivity contribution in [3.05, 3.63) is 21.9 Å². The van der Waals surface area contributed by atoms with Gasteiger partial charge in [-0.2, -0.15) is 0 Å². The van der Waals surface area contributed by atoms with E-state index in [9.17, 15) is 0 Å². The minimum atomic E-state index is -0.732. The Hall–Kier alpha value is -0.780. The quantitative estimate of drug-likeness (QED) is 0.607. The summed E-state index contributed by atoms with van der Waals surface area (Å²) in [6.45, 7) is 1.98. The molecule has 0 saturated carbocycles. The summed E-state index contributed by atoms with van der Waals surface area (Å²) in [6, 6.07) is 1.90. The van der Waals surface area contributed by atoms with Gasteiger partial charge in [0, 0.05) is 10.4 Å². The van der Waals surface area contributed by atoms with Crippen molar-refractivity contribution >= 4 is 11.3 Å². The summed E-state index contributed by atoms with van der Waals surface area (Å²) in [6.07, 6.45) is 4.29. The molecule has 0 aliphatic rings. The van der Waals surface area contributed by atoms with Crippen LogP contribution in [0.4, 0.5) is 0 Å². The number of aliphatic hydroxyl groups is 1. The Morgan fingerprint density at radius 2 is 2.50 bits per heavy atom. The SMILES string of the molecule is C#C[C@@H](O)c1csc(C)c1. The van der Waals surface area contributed by atoms with Gasteiger partial charge < -0.3 is 5.11 Å². The number of hydrogen-bond acceptors (Lipinski definition) is 2. The molecule has 0 unspecified atom stereocenters. The van der Waals surface area contributed by atoms with Gasteiger partial charge in [-0.05, 0) is 18.4 Å². The molecule has 0 aliphatic heterocycles. The van der Waals surface area contributed by atoms with Gasteiger partial charge in [-0.3, -0.25) is 0 Å². The van der Waals surface area contributed by atoms with E-state index >= 15 is 0 Å². The average Bonchev–Trinajstić information content (AvgIpc) is 2.34. The Morgan fingerprint density at radius 3 is 2.90 bits per heavy atom. The van der Waals surface area contributed by atoms with Crippen molar-refractivity contribution in [2.24, 2.45) is 0 Å². The van der Waals surface area contributed by atoms with Gasteiger partial charge >= 0.3 is 0 Å². The summed E-state index contributed by atoms with van der Waals surface area (Å²) >= 11 is 1.59. The van der Waals surface area contributed by atoms with Crippen LogP contribution in [-0.2, 0) is 0 Å². The standard InChI is InChI=1S/C8H8OS/c1-3-8(9)7-4-6(2)10-5-7/h1,4-5,8-9H,2H3/t8-/m1/s1. The monoisotopic (exact) mass is 152 g/mol. The highest BCUT2D eigenvalue weighted by atomic mass is 32.1. The van der Waals surface area contributed by atoms with E-state index in [-0.39, 0.29) is 0 Å². The van der Waals surface area contributed by atoms with Crippen molar-refractivity contribution in [3.63, 3.8) is 0 Å². The lowest BCUT2D eigenvalue weighted by molar-refractivity contribution is 0.239. The van der Waals surface area contributed by atoms with Gasteiger partial charge in [0.1, 0.15) is 6.10 Å².